The molecule has 5 heteroatoms. The summed E-state index contributed by atoms with van der Waals surface area (Å²) in [6.45, 7) is 0.255. The third-order valence-electron chi connectivity index (χ3n) is 2.27. The van der Waals surface area contributed by atoms with Gasteiger partial charge in [0.1, 0.15) is 6.29 Å². The maximum absolute atomic E-state index is 10.6. The van der Waals surface area contributed by atoms with Crippen LogP contribution < -0.4 is 20.7 Å². The van der Waals surface area contributed by atoms with Crippen LogP contribution in [0.2, 0.25) is 0 Å². The summed E-state index contributed by atoms with van der Waals surface area (Å²) in [6, 6.07) is 5.21. The summed E-state index contributed by atoms with van der Waals surface area (Å²) < 4.78 is 10.4. The van der Waals surface area contributed by atoms with E-state index < -0.39 is 0 Å². The van der Waals surface area contributed by atoms with Crippen molar-refractivity contribution in [2.75, 3.05) is 6.79 Å². The SMILES string of the molecule is NN[C@@H](C=O)Cc1ccc2c(c1)OCO2. The number of hydrazine groups is 1. The number of nitrogens with two attached hydrogens (primary N) is 1. The molecule has 0 saturated heterocycles. The Kier molecular flexibility index (Phi) is 2.84. The van der Waals surface area contributed by atoms with Crippen LogP contribution in [0.4, 0.5) is 0 Å². The molecule has 0 radical (unpaired) electrons. The van der Waals surface area contributed by atoms with Crippen molar-refractivity contribution >= 4 is 6.29 Å². The van der Waals surface area contributed by atoms with Gasteiger partial charge in [-0.2, -0.15) is 0 Å². The molecule has 0 bridgehead atoms. The van der Waals surface area contributed by atoms with Gasteiger partial charge >= 0.3 is 0 Å². The standard InChI is InChI=1S/C10H12N2O3/c11-12-8(5-13)3-7-1-2-9-10(4-7)15-6-14-9/h1-2,4-5,8,12H,3,6,11H2/t8-/m1/s1. The molecule has 1 aromatic carbocycles. The van der Waals surface area contributed by atoms with E-state index in [2.05, 4.69) is 5.43 Å². The lowest BCUT2D eigenvalue weighted by molar-refractivity contribution is -0.109. The third kappa shape index (κ3) is 2.08. The monoisotopic (exact) mass is 208 g/mol. The number of benzene rings is 1. The maximum Gasteiger partial charge on any atom is 0.231 e. The molecule has 0 saturated carbocycles. The highest BCUT2D eigenvalue weighted by atomic mass is 16.7. The van der Waals surface area contributed by atoms with Gasteiger partial charge in [-0.1, -0.05) is 6.07 Å². The number of nitrogens with one attached hydrogen (secondary N) is 1. The van der Waals surface area contributed by atoms with E-state index >= 15 is 0 Å². The molecule has 0 aliphatic carbocycles. The van der Waals surface area contributed by atoms with Crippen LogP contribution in [0.25, 0.3) is 0 Å². The fourth-order valence-electron chi connectivity index (χ4n) is 1.47. The number of hydrogen-bond acceptors (Lipinski definition) is 5. The minimum absolute atomic E-state index is 0.255. The van der Waals surface area contributed by atoms with Crippen molar-refractivity contribution in [2.45, 2.75) is 12.5 Å². The van der Waals surface area contributed by atoms with E-state index in [1.165, 1.54) is 0 Å². The number of ether oxygens (including phenoxy) is 2. The largest absolute Gasteiger partial charge is 0.454 e. The molecule has 0 aromatic heterocycles. The van der Waals surface area contributed by atoms with Crippen molar-refractivity contribution in [2.24, 2.45) is 5.84 Å². The van der Waals surface area contributed by atoms with Gasteiger partial charge in [-0.3, -0.25) is 5.84 Å². The number of rotatable bonds is 4. The summed E-state index contributed by atoms with van der Waals surface area (Å²) in [6.07, 6.45) is 1.32. The summed E-state index contributed by atoms with van der Waals surface area (Å²) >= 11 is 0. The van der Waals surface area contributed by atoms with Gasteiger partial charge in [-0.25, -0.2) is 5.43 Å². The Balaban J connectivity index is 2.12. The summed E-state index contributed by atoms with van der Waals surface area (Å²) in [5.74, 6) is 6.66. The van der Waals surface area contributed by atoms with Crippen molar-refractivity contribution in [3.8, 4) is 11.5 Å². The van der Waals surface area contributed by atoms with Crippen molar-refractivity contribution in [1.29, 1.82) is 0 Å². The van der Waals surface area contributed by atoms with Crippen LogP contribution in [-0.4, -0.2) is 19.1 Å². The second kappa shape index (κ2) is 4.29. The summed E-state index contributed by atoms with van der Waals surface area (Å²) in [5, 5.41) is 0. The molecule has 1 aliphatic rings. The van der Waals surface area contributed by atoms with E-state index in [1.54, 1.807) is 0 Å². The molecule has 0 amide bonds. The van der Waals surface area contributed by atoms with Gasteiger partial charge in [0.15, 0.2) is 11.5 Å². The minimum atomic E-state index is -0.370. The molecule has 3 N–H and O–H groups in total. The van der Waals surface area contributed by atoms with Crippen molar-refractivity contribution in [1.82, 2.24) is 5.43 Å². The predicted octanol–water partition coefficient (Wildman–Crippen LogP) is -0.0114. The highest BCUT2D eigenvalue weighted by Gasteiger charge is 2.14. The van der Waals surface area contributed by atoms with Crippen LogP contribution >= 0.6 is 0 Å². The number of carbonyl (C=O) groups is 1. The van der Waals surface area contributed by atoms with Gasteiger partial charge in [-0.05, 0) is 24.1 Å². The molecule has 15 heavy (non-hydrogen) atoms. The second-order valence-corrected chi connectivity index (χ2v) is 3.30. The lowest BCUT2D eigenvalue weighted by atomic mass is 10.1. The van der Waals surface area contributed by atoms with Crippen LogP contribution in [0.3, 0.4) is 0 Å². The lowest BCUT2D eigenvalue weighted by Gasteiger charge is -2.08. The molecule has 0 spiro atoms. The van der Waals surface area contributed by atoms with E-state index in [1.807, 2.05) is 18.2 Å². The summed E-state index contributed by atoms with van der Waals surface area (Å²) in [7, 11) is 0. The molecule has 0 unspecified atom stereocenters. The molecule has 0 fully saturated rings. The van der Waals surface area contributed by atoms with E-state index in [4.69, 9.17) is 15.3 Å². The Bertz CT molecular complexity index is 368. The zero-order chi connectivity index (χ0) is 10.7. The van der Waals surface area contributed by atoms with Gasteiger partial charge in [0.05, 0.1) is 6.04 Å². The summed E-state index contributed by atoms with van der Waals surface area (Å²) in [5.41, 5.74) is 3.41. The van der Waals surface area contributed by atoms with Gasteiger partial charge in [0, 0.05) is 0 Å². The van der Waals surface area contributed by atoms with Crippen LogP contribution in [-0.2, 0) is 11.2 Å². The second-order valence-electron chi connectivity index (χ2n) is 3.30. The average Bonchev–Trinajstić information content (AvgIpc) is 2.73. The van der Waals surface area contributed by atoms with E-state index in [9.17, 15) is 4.79 Å². The van der Waals surface area contributed by atoms with Gasteiger partial charge in [0.2, 0.25) is 6.79 Å². The van der Waals surface area contributed by atoms with Crippen LogP contribution in [0.15, 0.2) is 18.2 Å². The number of aldehydes is 1. The Hall–Kier alpha value is -1.59. The van der Waals surface area contributed by atoms with E-state index in [0.29, 0.717) is 12.2 Å². The summed E-state index contributed by atoms with van der Waals surface area (Å²) in [4.78, 5) is 10.6. The van der Waals surface area contributed by atoms with Gasteiger partial charge < -0.3 is 14.3 Å². The Morgan fingerprint density at radius 1 is 1.47 bits per heavy atom. The van der Waals surface area contributed by atoms with Crippen LogP contribution in [0.5, 0.6) is 11.5 Å². The first kappa shape index (κ1) is 9.95. The van der Waals surface area contributed by atoms with Crippen molar-refractivity contribution in [3.63, 3.8) is 0 Å². The fraction of sp³-hybridized carbons (Fsp3) is 0.300. The topological polar surface area (TPSA) is 73.6 Å². The van der Waals surface area contributed by atoms with Crippen LogP contribution in [0.1, 0.15) is 5.56 Å². The van der Waals surface area contributed by atoms with Crippen LogP contribution in [0, 0.1) is 0 Å². The first-order valence-corrected chi connectivity index (χ1v) is 4.63. The van der Waals surface area contributed by atoms with Gasteiger partial charge in [0.25, 0.3) is 0 Å². The zero-order valence-electron chi connectivity index (χ0n) is 8.10. The number of fused-ring (bicyclic) bond motifs is 1. The Morgan fingerprint density at radius 2 is 2.27 bits per heavy atom. The molecule has 80 valence electrons. The minimum Gasteiger partial charge on any atom is -0.454 e. The third-order valence-corrected chi connectivity index (χ3v) is 2.27. The highest BCUT2D eigenvalue weighted by Crippen LogP contribution is 2.32. The number of hydrogen-bond donors (Lipinski definition) is 2. The van der Waals surface area contributed by atoms with Crippen molar-refractivity contribution in [3.05, 3.63) is 23.8 Å². The van der Waals surface area contributed by atoms with E-state index in [-0.39, 0.29) is 12.8 Å². The molecule has 5 nitrogen and oxygen atoms in total. The molecule has 1 heterocycles. The van der Waals surface area contributed by atoms with Crippen molar-refractivity contribution < 1.29 is 14.3 Å². The molecular formula is C10H12N2O3. The molecule has 1 atom stereocenters. The Morgan fingerprint density at radius 3 is 3.00 bits per heavy atom. The molecular weight excluding hydrogens is 196 g/mol. The smallest absolute Gasteiger partial charge is 0.231 e. The normalized spacial score (nSPS) is 15.0. The number of carbonyl (C=O) groups excluding carboxylic acids is 1. The molecule has 2 rings (SSSR count). The Labute approximate surface area is 87.1 Å². The lowest BCUT2D eigenvalue weighted by Crippen LogP contribution is -2.37. The van der Waals surface area contributed by atoms with Gasteiger partial charge in [-0.15, -0.1) is 0 Å². The first-order valence-electron chi connectivity index (χ1n) is 4.63. The quantitative estimate of drug-likeness (QED) is 0.413. The fourth-order valence-corrected chi connectivity index (χ4v) is 1.47. The maximum atomic E-state index is 10.6. The van der Waals surface area contributed by atoms with E-state index in [0.717, 1.165) is 17.6 Å². The first-order chi connectivity index (χ1) is 7.33. The highest BCUT2D eigenvalue weighted by molar-refractivity contribution is 5.58. The molecule has 1 aromatic rings. The molecule has 1 aliphatic heterocycles. The zero-order valence-corrected chi connectivity index (χ0v) is 8.10. The average molecular weight is 208 g/mol. The predicted molar refractivity (Wildman–Crippen MR) is 53.4 cm³/mol.